The van der Waals surface area contributed by atoms with Gasteiger partial charge in [-0.3, -0.25) is 0 Å². The standard InChI is InChI=1S/C19H21ClO5/c20-9-14(10-21)12-24-18-5-1-15(2-6-18)16-3-7-19(8-4-16)25-13-17(23)11-22/h1-8,10,14,17,22-23H,9,11-13H2. The second-order valence-corrected chi connectivity index (χ2v) is 5.87. The van der Waals surface area contributed by atoms with Crippen molar-refractivity contribution in [3.8, 4) is 22.6 Å². The average Bonchev–Trinajstić information content (AvgIpc) is 2.68. The number of hydrogen-bond acceptors (Lipinski definition) is 5. The highest BCUT2D eigenvalue weighted by atomic mass is 35.5. The second-order valence-electron chi connectivity index (χ2n) is 5.56. The van der Waals surface area contributed by atoms with Gasteiger partial charge >= 0.3 is 0 Å². The normalized spacial score (nSPS) is 13.1. The quantitative estimate of drug-likeness (QED) is 0.500. The number of carbonyl (C=O) groups excluding carboxylic acids is 1. The third-order valence-corrected chi connectivity index (χ3v) is 3.95. The van der Waals surface area contributed by atoms with E-state index < -0.39 is 6.10 Å². The van der Waals surface area contributed by atoms with Crippen molar-refractivity contribution in [2.75, 3.05) is 25.7 Å². The molecule has 6 heteroatoms. The van der Waals surface area contributed by atoms with Crippen LogP contribution in [0.5, 0.6) is 11.5 Å². The molecule has 0 spiro atoms. The second kappa shape index (κ2) is 10.0. The number of benzene rings is 2. The number of alkyl halides is 1. The van der Waals surface area contributed by atoms with Crippen LogP contribution in [0, 0.1) is 5.92 Å². The molecule has 0 amide bonds. The van der Waals surface area contributed by atoms with Gasteiger partial charge in [0, 0.05) is 5.88 Å². The lowest BCUT2D eigenvalue weighted by Gasteiger charge is -2.11. The zero-order chi connectivity index (χ0) is 18.1. The molecule has 0 aromatic heterocycles. The predicted octanol–water partition coefficient (Wildman–Crippen LogP) is 2.52. The van der Waals surface area contributed by atoms with Crippen LogP contribution in [0.4, 0.5) is 0 Å². The zero-order valence-electron chi connectivity index (χ0n) is 13.7. The van der Waals surface area contributed by atoms with Crippen molar-refractivity contribution in [2.24, 2.45) is 5.92 Å². The van der Waals surface area contributed by atoms with Crippen LogP contribution in [0.1, 0.15) is 0 Å². The fourth-order valence-electron chi connectivity index (χ4n) is 2.06. The summed E-state index contributed by atoms with van der Waals surface area (Å²) in [6, 6.07) is 15.0. The third-order valence-electron chi connectivity index (χ3n) is 3.55. The molecule has 0 saturated heterocycles. The van der Waals surface area contributed by atoms with E-state index in [1.807, 2.05) is 36.4 Å². The lowest BCUT2D eigenvalue weighted by Crippen LogP contribution is -2.21. The minimum Gasteiger partial charge on any atom is -0.493 e. The van der Waals surface area contributed by atoms with Gasteiger partial charge in [-0.05, 0) is 35.4 Å². The van der Waals surface area contributed by atoms with Gasteiger partial charge in [0.25, 0.3) is 0 Å². The summed E-state index contributed by atoms with van der Waals surface area (Å²) < 4.78 is 10.9. The Hall–Kier alpha value is -2.08. The van der Waals surface area contributed by atoms with Gasteiger partial charge in [-0.2, -0.15) is 0 Å². The van der Waals surface area contributed by atoms with Crippen LogP contribution < -0.4 is 9.47 Å². The van der Waals surface area contributed by atoms with Gasteiger partial charge in [0.1, 0.15) is 30.5 Å². The van der Waals surface area contributed by atoms with Crippen molar-refractivity contribution in [1.82, 2.24) is 0 Å². The summed E-state index contributed by atoms with van der Waals surface area (Å²) in [5.74, 6) is 1.24. The lowest BCUT2D eigenvalue weighted by molar-refractivity contribution is -0.111. The van der Waals surface area contributed by atoms with E-state index in [4.69, 9.17) is 26.2 Å². The summed E-state index contributed by atoms with van der Waals surface area (Å²) in [5, 5.41) is 18.0. The minimum absolute atomic E-state index is 0.0476. The van der Waals surface area contributed by atoms with Crippen molar-refractivity contribution in [1.29, 1.82) is 0 Å². The average molecular weight is 365 g/mol. The summed E-state index contributed by atoms with van der Waals surface area (Å²) in [6.45, 7) is -0.0188. The maximum absolute atomic E-state index is 10.7. The number of ether oxygens (including phenoxy) is 2. The highest BCUT2D eigenvalue weighted by molar-refractivity contribution is 6.18. The van der Waals surface area contributed by atoms with Gasteiger partial charge < -0.3 is 24.5 Å². The monoisotopic (exact) mass is 364 g/mol. The lowest BCUT2D eigenvalue weighted by atomic mass is 10.1. The molecule has 0 fully saturated rings. The van der Waals surface area contributed by atoms with Crippen LogP contribution in [0.2, 0.25) is 0 Å². The van der Waals surface area contributed by atoms with E-state index >= 15 is 0 Å². The number of hydrogen-bond donors (Lipinski definition) is 2. The first-order valence-electron chi connectivity index (χ1n) is 7.92. The summed E-state index contributed by atoms with van der Waals surface area (Å²) in [4.78, 5) is 10.7. The summed E-state index contributed by atoms with van der Waals surface area (Å²) in [5.41, 5.74) is 2.02. The molecule has 0 heterocycles. The van der Waals surface area contributed by atoms with Gasteiger partial charge in [-0.1, -0.05) is 24.3 Å². The molecule has 134 valence electrons. The Morgan fingerprint density at radius 2 is 1.40 bits per heavy atom. The molecular weight excluding hydrogens is 344 g/mol. The predicted molar refractivity (Wildman–Crippen MR) is 96.2 cm³/mol. The van der Waals surface area contributed by atoms with E-state index in [-0.39, 0.29) is 31.6 Å². The summed E-state index contributed by atoms with van der Waals surface area (Å²) in [7, 11) is 0. The van der Waals surface area contributed by atoms with Gasteiger partial charge in [-0.25, -0.2) is 0 Å². The van der Waals surface area contributed by atoms with Crippen LogP contribution in [0.3, 0.4) is 0 Å². The Morgan fingerprint density at radius 1 is 0.920 bits per heavy atom. The molecule has 5 nitrogen and oxygen atoms in total. The molecule has 0 saturated carbocycles. The van der Waals surface area contributed by atoms with Gasteiger partial charge in [-0.15, -0.1) is 11.6 Å². The van der Waals surface area contributed by atoms with Crippen LogP contribution in [0.25, 0.3) is 11.1 Å². The first-order valence-corrected chi connectivity index (χ1v) is 8.46. The maximum Gasteiger partial charge on any atom is 0.127 e. The number of aliphatic hydroxyl groups excluding tert-OH is 2. The molecule has 0 aliphatic carbocycles. The minimum atomic E-state index is -0.884. The molecule has 25 heavy (non-hydrogen) atoms. The molecule has 2 rings (SSSR count). The zero-order valence-corrected chi connectivity index (χ0v) is 14.4. The Balaban J connectivity index is 1.94. The Kier molecular flexibility index (Phi) is 7.73. The first-order chi connectivity index (χ1) is 12.2. The SMILES string of the molecule is O=CC(CCl)COc1ccc(-c2ccc(OCC(O)CO)cc2)cc1. The summed E-state index contributed by atoms with van der Waals surface area (Å²) >= 11 is 5.65. The first kappa shape index (κ1) is 19.2. The molecule has 2 atom stereocenters. The Morgan fingerprint density at radius 3 is 1.80 bits per heavy atom. The highest BCUT2D eigenvalue weighted by Gasteiger charge is 2.07. The maximum atomic E-state index is 10.7. The van der Waals surface area contributed by atoms with Crippen molar-refractivity contribution in [3.63, 3.8) is 0 Å². The van der Waals surface area contributed by atoms with Crippen LogP contribution in [-0.4, -0.2) is 48.3 Å². The van der Waals surface area contributed by atoms with Crippen molar-refractivity contribution < 1.29 is 24.5 Å². The molecular formula is C19H21ClO5. The molecule has 0 bridgehead atoms. The highest BCUT2D eigenvalue weighted by Crippen LogP contribution is 2.25. The molecule has 0 aliphatic heterocycles. The van der Waals surface area contributed by atoms with Crippen LogP contribution in [0.15, 0.2) is 48.5 Å². The topological polar surface area (TPSA) is 76.0 Å². The van der Waals surface area contributed by atoms with Crippen LogP contribution in [-0.2, 0) is 4.79 Å². The number of rotatable bonds is 10. The molecule has 2 aromatic carbocycles. The fraction of sp³-hybridized carbons (Fsp3) is 0.316. The fourth-order valence-corrected chi connectivity index (χ4v) is 2.22. The third kappa shape index (κ3) is 6.05. The van der Waals surface area contributed by atoms with Gasteiger partial charge in [0.15, 0.2) is 0 Å². The van der Waals surface area contributed by atoms with Crippen molar-refractivity contribution in [2.45, 2.75) is 6.10 Å². The van der Waals surface area contributed by atoms with E-state index in [0.29, 0.717) is 11.5 Å². The molecule has 0 radical (unpaired) electrons. The largest absolute Gasteiger partial charge is 0.493 e. The van der Waals surface area contributed by atoms with Crippen LogP contribution >= 0.6 is 11.6 Å². The molecule has 0 aliphatic rings. The number of aliphatic hydroxyl groups is 2. The van der Waals surface area contributed by atoms with E-state index in [9.17, 15) is 9.90 Å². The number of aldehydes is 1. The van der Waals surface area contributed by atoms with Crippen molar-refractivity contribution in [3.05, 3.63) is 48.5 Å². The van der Waals surface area contributed by atoms with Crippen molar-refractivity contribution >= 4 is 17.9 Å². The van der Waals surface area contributed by atoms with Gasteiger partial charge in [0.05, 0.1) is 19.1 Å². The molecule has 2 aromatic rings. The smallest absolute Gasteiger partial charge is 0.127 e. The van der Waals surface area contributed by atoms with E-state index in [2.05, 4.69) is 0 Å². The van der Waals surface area contributed by atoms with E-state index in [0.717, 1.165) is 17.4 Å². The number of carbonyl (C=O) groups is 1. The number of halogens is 1. The van der Waals surface area contributed by atoms with E-state index in [1.54, 1.807) is 12.1 Å². The Bertz CT molecular complexity index is 642. The molecule has 2 unspecified atom stereocenters. The Labute approximate surface area is 151 Å². The van der Waals surface area contributed by atoms with E-state index in [1.165, 1.54) is 0 Å². The van der Waals surface area contributed by atoms with Gasteiger partial charge in [0.2, 0.25) is 0 Å². The molecule has 2 N–H and O–H groups in total. The summed E-state index contributed by atoms with van der Waals surface area (Å²) in [6.07, 6.45) is -0.0882.